The van der Waals surface area contributed by atoms with Gasteiger partial charge in [0.15, 0.2) is 28.7 Å². The molecule has 0 aromatic heterocycles. The van der Waals surface area contributed by atoms with Crippen LogP contribution in [0.25, 0.3) is 0 Å². The topological polar surface area (TPSA) is 9.23 Å². The van der Waals surface area contributed by atoms with E-state index in [1.165, 1.54) is 0 Å². The Morgan fingerprint density at radius 3 is 1.62 bits per heavy atom. The molecule has 0 N–H and O–H groups in total. The number of hydrogen-bond acceptors (Lipinski definition) is 1. The molecule has 0 heterocycles. The van der Waals surface area contributed by atoms with E-state index in [4.69, 9.17) is 11.1 Å². The molecular formula is C10H5ClF8OSi. The van der Waals surface area contributed by atoms with Crippen LogP contribution in [-0.4, -0.2) is 14.2 Å². The maximum atomic E-state index is 13.6. The number of rotatable bonds is 4. The monoisotopic (exact) mass is 356 g/mol. The molecule has 1 nitrogen and oxygen atoms in total. The zero-order chi connectivity index (χ0) is 16.5. The number of hydrogen-bond donors (Lipinski definition) is 0. The third-order valence-electron chi connectivity index (χ3n) is 2.32. The maximum Gasteiger partial charge on any atom is 0.397 e. The molecule has 0 amide bonds. The first-order valence-electron chi connectivity index (χ1n) is 5.15. The summed E-state index contributed by atoms with van der Waals surface area (Å²) in [7, 11) is -5.43. The normalized spacial score (nSPS) is 14.0. The van der Waals surface area contributed by atoms with Gasteiger partial charge in [-0.15, -0.1) is 11.1 Å². The fourth-order valence-electron chi connectivity index (χ4n) is 1.45. The van der Waals surface area contributed by atoms with E-state index in [2.05, 4.69) is 4.43 Å². The van der Waals surface area contributed by atoms with Gasteiger partial charge >= 0.3 is 13.7 Å². The second-order valence-corrected chi connectivity index (χ2v) is 7.56. The molecule has 11 heteroatoms. The molecular weight excluding hydrogens is 352 g/mol. The van der Waals surface area contributed by atoms with Crippen molar-refractivity contribution in [1.29, 1.82) is 0 Å². The van der Waals surface area contributed by atoms with Gasteiger partial charge in [-0.05, 0) is 6.92 Å². The average Bonchev–Trinajstić information content (AvgIpc) is 2.42. The van der Waals surface area contributed by atoms with Gasteiger partial charge in [0.05, 0.1) is 5.19 Å². The molecule has 21 heavy (non-hydrogen) atoms. The number of benzene rings is 1. The second-order valence-electron chi connectivity index (χ2n) is 3.55. The lowest BCUT2D eigenvalue weighted by atomic mass is 10.3. The fraction of sp³-hybridized carbons (Fsp3) is 0.200. The van der Waals surface area contributed by atoms with Gasteiger partial charge < -0.3 is 4.43 Å². The Morgan fingerprint density at radius 2 is 1.29 bits per heavy atom. The molecule has 118 valence electrons. The van der Waals surface area contributed by atoms with Crippen molar-refractivity contribution in [1.82, 2.24) is 0 Å². The molecule has 1 atom stereocenters. The summed E-state index contributed by atoms with van der Waals surface area (Å²) in [5.74, 6) is -12.4. The van der Waals surface area contributed by atoms with Crippen molar-refractivity contribution in [3.8, 4) is 0 Å². The zero-order valence-corrected chi connectivity index (χ0v) is 11.8. The predicted molar refractivity (Wildman–Crippen MR) is 59.4 cm³/mol. The highest BCUT2D eigenvalue weighted by atomic mass is 35.6. The smallest absolute Gasteiger partial charge is 0.396 e. The van der Waals surface area contributed by atoms with Crippen LogP contribution in [0.15, 0.2) is 11.5 Å². The molecule has 0 bridgehead atoms. The summed E-state index contributed by atoms with van der Waals surface area (Å²) in [5.41, 5.74) is -2.55. The van der Waals surface area contributed by atoms with Crippen LogP contribution in [0, 0.1) is 29.1 Å². The predicted octanol–water partition coefficient (Wildman–Crippen LogP) is 3.92. The molecule has 0 saturated carbocycles. The van der Waals surface area contributed by atoms with E-state index < -0.39 is 60.0 Å². The molecule has 1 rings (SSSR count). The van der Waals surface area contributed by atoms with Crippen LogP contribution in [-0.2, 0) is 4.43 Å². The molecule has 0 aliphatic heterocycles. The standard InChI is InChI=1S/C10H5ClF8OSi/c1-2-20-21(11,10(19)9(17)18)8-6(15)4(13)3(12)5(14)7(8)16/h2H2,1H3. The Labute approximate surface area is 118 Å². The van der Waals surface area contributed by atoms with Gasteiger partial charge in [0, 0.05) is 6.61 Å². The molecule has 0 spiro atoms. The van der Waals surface area contributed by atoms with Crippen molar-refractivity contribution in [3.05, 3.63) is 40.6 Å². The Morgan fingerprint density at radius 1 is 0.905 bits per heavy atom. The first kappa shape index (κ1) is 17.9. The summed E-state index contributed by atoms with van der Waals surface area (Å²) in [6.45, 7) is 0.509. The summed E-state index contributed by atoms with van der Waals surface area (Å²) in [6, 6.07) is 0. The Bertz CT molecular complexity index is 574. The number of halogens is 9. The first-order valence-corrected chi connectivity index (χ1v) is 8.07. The van der Waals surface area contributed by atoms with Gasteiger partial charge in [-0.3, -0.25) is 0 Å². The van der Waals surface area contributed by atoms with Crippen LogP contribution < -0.4 is 5.19 Å². The van der Waals surface area contributed by atoms with Gasteiger partial charge in [-0.1, -0.05) is 0 Å². The van der Waals surface area contributed by atoms with E-state index in [0.717, 1.165) is 6.92 Å². The minimum absolute atomic E-state index is 0.601. The lowest BCUT2D eigenvalue weighted by Gasteiger charge is -2.23. The van der Waals surface area contributed by atoms with Gasteiger partial charge in [0.25, 0.3) is 0 Å². The van der Waals surface area contributed by atoms with Crippen LogP contribution in [0.3, 0.4) is 0 Å². The maximum absolute atomic E-state index is 13.6. The lowest BCUT2D eigenvalue weighted by molar-refractivity contribution is 0.324. The third-order valence-corrected chi connectivity index (χ3v) is 6.24. The summed E-state index contributed by atoms with van der Waals surface area (Å²) < 4.78 is 109. The summed E-state index contributed by atoms with van der Waals surface area (Å²) in [6.07, 6.45) is -3.07. The Balaban J connectivity index is 3.81. The quantitative estimate of drug-likeness (QED) is 0.261. The van der Waals surface area contributed by atoms with Gasteiger partial charge in [-0.2, -0.15) is 8.78 Å². The molecule has 0 radical (unpaired) electrons. The van der Waals surface area contributed by atoms with Crippen LogP contribution in [0.5, 0.6) is 0 Å². The minimum atomic E-state index is -5.43. The van der Waals surface area contributed by atoms with Gasteiger partial charge in [-0.25, -0.2) is 26.3 Å². The van der Waals surface area contributed by atoms with Crippen LogP contribution in [0.4, 0.5) is 35.1 Å². The fourth-order valence-corrected chi connectivity index (χ4v) is 4.41. The van der Waals surface area contributed by atoms with Crippen molar-refractivity contribution < 1.29 is 39.5 Å². The van der Waals surface area contributed by atoms with Crippen molar-refractivity contribution >= 4 is 23.9 Å². The van der Waals surface area contributed by atoms with E-state index in [0.29, 0.717) is 0 Å². The molecule has 0 aliphatic rings. The SMILES string of the molecule is CCO[Si](Cl)(C(F)=C(F)F)c1c(F)c(F)c(F)c(F)c1F. The molecule has 0 aliphatic carbocycles. The van der Waals surface area contributed by atoms with Crippen molar-refractivity contribution in [2.24, 2.45) is 0 Å². The molecule has 0 saturated heterocycles. The summed E-state index contributed by atoms with van der Waals surface area (Å²) >= 11 is 5.39. The minimum Gasteiger partial charge on any atom is -0.396 e. The molecule has 1 unspecified atom stereocenters. The zero-order valence-electron chi connectivity index (χ0n) is 10.0. The van der Waals surface area contributed by atoms with Crippen LogP contribution >= 0.6 is 11.1 Å². The highest BCUT2D eigenvalue weighted by molar-refractivity contribution is 7.27. The summed E-state index contributed by atoms with van der Waals surface area (Å²) in [5, 5.41) is -1.92. The van der Waals surface area contributed by atoms with Crippen molar-refractivity contribution in [3.63, 3.8) is 0 Å². The first-order chi connectivity index (χ1) is 9.59. The van der Waals surface area contributed by atoms with Crippen LogP contribution in [0.2, 0.25) is 0 Å². The average molecular weight is 357 g/mol. The molecule has 0 fully saturated rings. The van der Waals surface area contributed by atoms with E-state index in [1.807, 2.05) is 0 Å². The highest BCUT2D eigenvalue weighted by Crippen LogP contribution is 2.30. The van der Waals surface area contributed by atoms with E-state index in [1.54, 1.807) is 0 Å². The Kier molecular flexibility index (Phi) is 5.39. The van der Waals surface area contributed by atoms with Gasteiger partial charge in [0.2, 0.25) is 5.82 Å². The van der Waals surface area contributed by atoms with E-state index >= 15 is 0 Å². The van der Waals surface area contributed by atoms with Crippen molar-refractivity contribution in [2.45, 2.75) is 6.92 Å². The summed E-state index contributed by atoms with van der Waals surface area (Å²) in [4.78, 5) is 0. The molecule has 1 aromatic carbocycles. The highest BCUT2D eigenvalue weighted by Gasteiger charge is 2.51. The largest absolute Gasteiger partial charge is 0.397 e. The lowest BCUT2D eigenvalue weighted by Crippen LogP contribution is -2.52. The second kappa shape index (κ2) is 6.32. The van der Waals surface area contributed by atoms with E-state index in [-0.39, 0.29) is 0 Å². The third kappa shape index (κ3) is 2.92. The van der Waals surface area contributed by atoms with Gasteiger partial charge in [0.1, 0.15) is 0 Å². The van der Waals surface area contributed by atoms with Crippen LogP contribution in [0.1, 0.15) is 6.92 Å². The van der Waals surface area contributed by atoms with E-state index in [9.17, 15) is 35.1 Å². The Hall–Kier alpha value is -1.13. The molecule has 1 aromatic rings. The van der Waals surface area contributed by atoms with Crippen molar-refractivity contribution in [2.75, 3.05) is 6.61 Å².